The monoisotopic (exact) mass is 332 g/mol. The number of benzene rings is 2. The Hall–Kier alpha value is -3.09. The third-order valence-electron chi connectivity index (χ3n) is 3.13. The second-order valence-corrected chi connectivity index (χ2v) is 4.89. The van der Waals surface area contributed by atoms with E-state index < -0.39 is 23.7 Å². The van der Waals surface area contributed by atoms with E-state index >= 15 is 0 Å². The van der Waals surface area contributed by atoms with Gasteiger partial charge >= 0.3 is 0 Å². The molecule has 1 atom stereocenters. The Balaban J connectivity index is 1.87. The number of hydrazine groups is 1. The highest BCUT2D eigenvalue weighted by Gasteiger charge is 2.16. The molecule has 2 aromatic rings. The molecule has 0 saturated carbocycles. The van der Waals surface area contributed by atoms with Crippen LogP contribution < -0.4 is 20.3 Å². The number of carbonyl (C=O) groups excluding carboxylic acids is 2. The fourth-order valence-electron chi connectivity index (χ4n) is 1.83. The Bertz CT molecular complexity index is 719. The van der Waals surface area contributed by atoms with Crippen molar-refractivity contribution in [3.8, 4) is 11.5 Å². The second kappa shape index (κ2) is 7.96. The van der Waals surface area contributed by atoms with E-state index in [1.165, 1.54) is 38.3 Å². The molecule has 0 fully saturated rings. The Morgan fingerprint density at radius 2 is 1.75 bits per heavy atom. The van der Waals surface area contributed by atoms with E-state index in [9.17, 15) is 14.0 Å². The van der Waals surface area contributed by atoms with Crippen molar-refractivity contribution in [2.75, 3.05) is 7.11 Å². The molecule has 2 aromatic carbocycles. The first-order chi connectivity index (χ1) is 11.5. The molecule has 0 unspecified atom stereocenters. The molecule has 2 N–H and O–H groups in total. The van der Waals surface area contributed by atoms with Gasteiger partial charge in [0.1, 0.15) is 17.3 Å². The minimum Gasteiger partial charge on any atom is -0.497 e. The lowest BCUT2D eigenvalue weighted by Gasteiger charge is -2.15. The van der Waals surface area contributed by atoms with E-state index in [0.29, 0.717) is 17.1 Å². The summed E-state index contributed by atoms with van der Waals surface area (Å²) in [6, 6.07) is 11.8. The first kappa shape index (κ1) is 17.3. The van der Waals surface area contributed by atoms with Gasteiger partial charge in [0.05, 0.1) is 7.11 Å². The minimum absolute atomic E-state index is 0.335. The molecule has 0 aliphatic heterocycles. The van der Waals surface area contributed by atoms with Crippen molar-refractivity contribution in [1.29, 1.82) is 0 Å². The van der Waals surface area contributed by atoms with E-state index in [1.807, 2.05) is 0 Å². The lowest BCUT2D eigenvalue weighted by Crippen LogP contribution is -2.47. The van der Waals surface area contributed by atoms with Crippen LogP contribution in [-0.2, 0) is 4.79 Å². The summed E-state index contributed by atoms with van der Waals surface area (Å²) in [7, 11) is 1.49. The number of hydrogen-bond donors (Lipinski definition) is 2. The first-order valence-electron chi connectivity index (χ1n) is 7.16. The van der Waals surface area contributed by atoms with Crippen molar-refractivity contribution < 1.29 is 23.5 Å². The summed E-state index contributed by atoms with van der Waals surface area (Å²) < 4.78 is 23.2. The molecule has 0 aliphatic carbocycles. The zero-order valence-corrected chi connectivity index (χ0v) is 13.2. The van der Waals surface area contributed by atoms with Crippen LogP contribution in [0, 0.1) is 5.82 Å². The third kappa shape index (κ3) is 4.70. The maximum atomic E-state index is 12.8. The molecule has 24 heavy (non-hydrogen) atoms. The Morgan fingerprint density at radius 3 is 2.42 bits per heavy atom. The quantitative estimate of drug-likeness (QED) is 0.822. The second-order valence-electron chi connectivity index (χ2n) is 4.89. The van der Waals surface area contributed by atoms with Gasteiger partial charge in [-0.25, -0.2) is 4.39 Å². The molecular weight excluding hydrogens is 315 g/mol. The van der Waals surface area contributed by atoms with Crippen LogP contribution in [0.4, 0.5) is 4.39 Å². The number of halogens is 1. The Kier molecular flexibility index (Phi) is 5.73. The van der Waals surface area contributed by atoms with Gasteiger partial charge in [-0.1, -0.05) is 6.07 Å². The van der Waals surface area contributed by atoms with Crippen LogP contribution >= 0.6 is 0 Å². The van der Waals surface area contributed by atoms with Crippen LogP contribution in [0.15, 0.2) is 48.5 Å². The predicted molar refractivity (Wildman–Crippen MR) is 85.1 cm³/mol. The molecule has 7 heteroatoms. The van der Waals surface area contributed by atoms with Crippen LogP contribution in [0.2, 0.25) is 0 Å². The van der Waals surface area contributed by atoms with Crippen LogP contribution in [0.1, 0.15) is 17.3 Å². The molecule has 0 saturated heterocycles. The van der Waals surface area contributed by atoms with Crippen LogP contribution in [0.3, 0.4) is 0 Å². The van der Waals surface area contributed by atoms with Crippen molar-refractivity contribution >= 4 is 11.8 Å². The van der Waals surface area contributed by atoms with Gasteiger partial charge in [-0.3, -0.25) is 20.4 Å². The van der Waals surface area contributed by atoms with Gasteiger partial charge in [0, 0.05) is 5.56 Å². The summed E-state index contributed by atoms with van der Waals surface area (Å²) in [5.74, 6) is -0.558. The van der Waals surface area contributed by atoms with E-state index in [-0.39, 0.29) is 0 Å². The van der Waals surface area contributed by atoms with Gasteiger partial charge in [-0.05, 0) is 49.4 Å². The number of rotatable bonds is 5. The zero-order chi connectivity index (χ0) is 17.5. The van der Waals surface area contributed by atoms with Crippen LogP contribution in [0.5, 0.6) is 11.5 Å². The van der Waals surface area contributed by atoms with Crippen LogP contribution in [0.25, 0.3) is 0 Å². The van der Waals surface area contributed by atoms with E-state index in [2.05, 4.69) is 10.9 Å². The lowest BCUT2D eigenvalue weighted by molar-refractivity contribution is -0.128. The van der Waals surface area contributed by atoms with Gasteiger partial charge in [0.25, 0.3) is 11.8 Å². The van der Waals surface area contributed by atoms with Crippen molar-refractivity contribution in [2.45, 2.75) is 13.0 Å². The lowest BCUT2D eigenvalue weighted by atomic mass is 10.2. The standard InChI is InChI=1S/C17H17FN2O4/c1-11(24-14-8-6-13(18)7-9-14)16(21)19-20-17(22)12-4-3-5-15(10-12)23-2/h3-11H,1-2H3,(H,19,21)(H,20,22)/t11-/m0/s1. The van der Waals surface area contributed by atoms with Gasteiger partial charge in [-0.2, -0.15) is 0 Å². The molecule has 6 nitrogen and oxygen atoms in total. The van der Waals surface area contributed by atoms with Crippen LogP contribution in [-0.4, -0.2) is 25.0 Å². The summed E-state index contributed by atoms with van der Waals surface area (Å²) in [6.07, 6.45) is -0.874. The number of methoxy groups -OCH3 is 1. The summed E-state index contributed by atoms with van der Waals surface area (Å²) in [4.78, 5) is 23.9. The average molecular weight is 332 g/mol. The van der Waals surface area contributed by atoms with Crippen molar-refractivity contribution in [3.05, 3.63) is 59.9 Å². The highest BCUT2D eigenvalue weighted by Crippen LogP contribution is 2.13. The van der Waals surface area contributed by atoms with Crippen molar-refractivity contribution in [3.63, 3.8) is 0 Å². The molecule has 0 bridgehead atoms. The van der Waals surface area contributed by atoms with Gasteiger partial charge in [0.15, 0.2) is 6.10 Å². The minimum atomic E-state index is -0.874. The number of carbonyl (C=O) groups is 2. The SMILES string of the molecule is COc1cccc(C(=O)NNC(=O)[C@H](C)Oc2ccc(F)cc2)c1. The normalized spacial score (nSPS) is 11.3. The van der Waals surface area contributed by atoms with E-state index in [4.69, 9.17) is 9.47 Å². The smallest absolute Gasteiger partial charge is 0.279 e. The Labute approximate surface area is 138 Å². The van der Waals surface area contributed by atoms with Gasteiger partial charge < -0.3 is 9.47 Å². The predicted octanol–water partition coefficient (Wildman–Crippen LogP) is 2.06. The molecule has 2 amide bonds. The van der Waals surface area contributed by atoms with Gasteiger partial charge in [-0.15, -0.1) is 0 Å². The molecule has 0 aromatic heterocycles. The fraction of sp³-hybridized carbons (Fsp3) is 0.176. The molecule has 126 valence electrons. The zero-order valence-electron chi connectivity index (χ0n) is 13.2. The molecule has 2 rings (SSSR count). The maximum Gasteiger partial charge on any atom is 0.279 e. The Morgan fingerprint density at radius 1 is 1.04 bits per heavy atom. The molecule has 0 radical (unpaired) electrons. The van der Waals surface area contributed by atoms with Crippen molar-refractivity contribution in [1.82, 2.24) is 10.9 Å². The first-order valence-corrected chi connectivity index (χ1v) is 7.16. The summed E-state index contributed by atoms with van der Waals surface area (Å²) in [5, 5.41) is 0. The molecule has 0 heterocycles. The highest BCUT2D eigenvalue weighted by molar-refractivity contribution is 5.96. The van der Waals surface area contributed by atoms with Gasteiger partial charge in [0.2, 0.25) is 0 Å². The average Bonchev–Trinajstić information content (AvgIpc) is 2.61. The number of amides is 2. The molecular formula is C17H17FN2O4. The number of ether oxygens (including phenoxy) is 2. The maximum absolute atomic E-state index is 12.8. The largest absolute Gasteiger partial charge is 0.497 e. The number of nitrogens with one attached hydrogen (secondary N) is 2. The van der Waals surface area contributed by atoms with E-state index in [0.717, 1.165) is 0 Å². The molecule has 0 spiro atoms. The van der Waals surface area contributed by atoms with E-state index in [1.54, 1.807) is 24.3 Å². The number of hydrogen-bond acceptors (Lipinski definition) is 4. The summed E-state index contributed by atoms with van der Waals surface area (Å²) >= 11 is 0. The third-order valence-corrected chi connectivity index (χ3v) is 3.13. The summed E-state index contributed by atoms with van der Waals surface area (Å²) in [5.41, 5.74) is 4.90. The molecule has 0 aliphatic rings. The fourth-order valence-corrected chi connectivity index (χ4v) is 1.83. The summed E-state index contributed by atoms with van der Waals surface area (Å²) in [6.45, 7) is 1.51. The highest BCUT2D eigenvalue weighted by atomic mass is 19.1. The topological polar surface area (TPSA) is 76.7 Å². The van der Waals surface area contributed by atoms with Crippen molar-refractivity contribution in [2.24, 2.45) is 0 Å².